The van der Waals surface area contributed by atoms with Gasteiger partial charge in [-0.2, -0.15) is 0 Å². The van der Waals surface area contributed by atoms with Crippen molar-refractivity contribution in [2.45, 2.75) is 56.9 Å². The molecule has 1 saturated heterocycles. The number of carbonyl (C=O) groups excluding carboxylic acids is 4. The molecule has 1 aliphatic heterocycles. The second-order valence-electron chi connectivity index (χ2n) is 16.4. The lowest BCUT2D eigenvalue weighted by Crippen LogP contribution is -2.45. The first-order valence-electron chi connectivity index (χ1n) is 21.9. The molecule has 0 bridgehead atoms. The molecular formula is C54H53N5O4. The van der Waals surface area contributed by atoms with Crippen molar-refractivity contribution in [1.82, 2.24) is 14.8 Å². The number of benzene rings is 6. The highest BCUT2D eigenvalue weighted by molar-refractivity contribution is 6.00. The van der Waals surface area contributed by atoms with E-state index in [1.165, 1.54) is 0 Å². The van der Waals surface area contributed by atoms with Crippen LogP contribution in [0, 0.1) is 0 Å². The SMILES string of the molecule is CCCN(CC(=O)Nc1ccc(-c2cc3cc(NC(=O)[C@@H]4CCCN4C(=O)C(Cc4ccccc4)c4ccccc4)ccc3[nH]2)cc1)C(=O)C(Cc1ccccc1)c1ccccc1. The van der Waals surface area contributed by atoms with Gasteiger partial charge in [-0.15, -0.1) is 0 Å². The Morgan fingerprint density at radius 3 is 1.86 bits per heavy atom. The molecular weight excluding hydrogens is 783 g/mol. The van der Waals surface area contributed by atoms with E-state index in [1.807, 2.05) is 177 Å². The van der Waals surface area contributed by atoms with Crippen molar-refractivity contribution in [3.05, 3.63) is 192 Å². The number of likely N-dealkylation sites (tertiary alicyclic amines) is 1. The molecule has 318 valence electrons. The Labute approximate surface area is 369 Å². The molecule has 3 N–H and O–H groups in total. The number of carbonyl (C=O) groups is 4. The maximum Gasteiger partial charge on any atom is 0.247 e. The van der Waals surface area contributed by atoms with Crippen LogP contribution in [0.4, 0.5) is 11.4 Å². The largest absolute Gasteiger partial charge is 0.355 e. The molecule has 63 heavy (non-hydrogen) atoms. The minimum Gasteiger partial charge on any atom is -0.355 e. The molecule has 0 radical (unpaired) electrons. The van der Waals surface area contributed by atoms with Crippen LogP contribution in [0.3, 0.4) is 0 Å². The van der Waals surface area contributed by atoms with E-state index < -0.39 is 17.9 Å². The Hall–Kier alpha value is -7.26. The average molecular weight is 836 g/mol. The average Bonchev–Trinajstić information content (AvgIpc) is 3.99. The van der Waals surface area contributed by atoms with Gasteiger partial charge in [0.15, 0.2) is 0 Å². The van der Waals surface area contributed by atoms with Crippen molar-refractivity contribution < 1.29 is 19.2 Å². The summed E-state index contributed by atoms with van der Waals surface area (Å²) in [5.74, 6) is -1.35. The quantitative estimate of drug-likeness (QED) is 0.0900. The van der Waals surface area contributed by atoms with E-state index in [9.17, 15) is 19.2 Å². The highest BCUT2D eigenvalue weighted by Crippen LogP contribution is 2.31. The zero-order valence-corrected chi connectivity index (χ0v) is 35.6. The van der Waals surface area contributed by atoms with Gasteiger partial charge in [-0.25, -0.2) is 0 Å². The number of amides is 4. The second-order valence-corrected chi connectivity index (χ2v) is 16.4. The molecule has 9 heteroatoms. The number of nitrogens with zero attached hydrogens (tertiary/aromatic N) is 2. The lowest BCUT2D eigenvalue weighted by Gasteiger charge is -2.28. The fourth-order valence-electron chi connectivity index (χ4n) is 8.72. The Bertz CT molecular complexity index is 2630. The number of aromatic amines is 1. The van der Waals surface area contributed by atoms with Gasteiger partial charge in [0.05, 0.1) is 18.4 Å². The summed E-state index contributed by atoms with van der Waals surface area (Å²) in [6.45, 7) is 2.97. The smallest absolute Gasteiger partial charge is 0.247 e. The Morgan fingerprint density at radius 1 is 0.667 bits per heavy atom. The van der Waals surface area contributed by atoms with Gasteiger partial charge in [0, 0.05) is 41.1 Å². The van der Waals surface area contributed by atoms with Gasteiger partial charge in [-0.05, 0) is 96.3 Å². The van der Waals surface area contributed by atoms with Crippen molar-refractivity contribution >= 4 is 45.9 Å². The van der Waals surface area contributed by atoms with Crippen LogP contribution in [-0.4, -0.2) is 64.1 Å². The molecule has 2 heterocycles. The lowest BCUT2D eigenvalue weighted by atomic mass is 9.90. The third kappa shape index (κ3) is 10.4. The summed E-state index contributed by atoms with van der Waals surface area (Å²) >= 11 is 0. The van der Waals surface area contributed by atoms with E-state index in [0.29, 0.717) is 43.7 Å². The molecule has 3 atom stereocenters. The molecule has 4 amide bonds. The minimum atomic E-state index is -0.558. The van der Waals surface area contributed by atoms with Crippen molar-refractivity contribution in [2.75, 3.05) is 30.3 Å². The third-order valence-corrected chi connectivity index (χ3v) is 11.9. The Morgan fingerprint density at radius 2 is 1.24 bits per heavy atom. The number of rotatable bonds is 16. The zero-order chi connectivity index (χ0) is 43.5. The molecule has 0 aliphatic carbocycles. The molecule has 6 aromatic carbocycles. The molecule has 7 aromatic rings. The highest BCUT2D eigenvalue weighted by Gasteiger charge is 2.38. The van der Waals surface area contributed by atoms with Crippen molar-refractivity contribution in [1.29, 1.82) is 0 Å². The Balaban J connectivity index is 0.903. The van der Waals surface area contributed by atoms with E-state index in [-0.39, 0.29) is 30.2 Å². The summed E-state index contributed by atoms with van der Waals surface area (Å²) < 4.78 is 0. The predicted molar refractivity (Wildman–Crippen MR) is 251 cm³/mol. The van der Waals surface area contributed by atoms with Crippen LogP contribution < -0.4 is 10.6 Å². The van der Waals surface area contributed by atoms with Gasteiger partial charge in [-0.3, -0.25) is 19.2 Å². The molecule has 8 rings (SSSR count). The van der Waals surface area contributed by atoms with Gasteiger partial charge in [-0.1, -0.05) is 140 Å². The molecule has 1 aliphatic rings. The van der Waals surface area contributed by atoms with E-state index in [2.05, 4.69) is 15.6 Å². The van der Waals surface area contributed by atoms with Crippen LogP contribution in [0.15, 0.2) is 170 Å². The first kappa shape index (κ1) is 42.4. The number of hydrogen-bond acceptors (Lipinski definition) is 4. The summed E-state index contributed by atoms with van der Waals surface area (Å²) in [4.78, 5) is 62.5. The topological polar surface area (TPSA) is 115 Å². The van der Waals surface area contributed by atoms with Crippen LogP contribution in [0.2, 0.25) is 0 Å². The van der Waals surface area contributed by atoms with Crippen LogP contribution in [0.25, 0.3) is 22.2 Å². The summed E-state index contributed by atoms with van der Waals surface area (Å²) in [6, 6.07) is 54.5. The maximum absolute atomic E-state index is 14.2. The van der Waals surface area contributed by atoms with Crippen molar-refractivity contribution in [3.63, 3.8) is 0 Å². The van der Waals surface area contributed by atoms with E-state index in [1.54, 1.807) is 9.80 Å². The minimum absolute atomic E-state index is 0.0286. The fourth-order valence-corrected chi connectivity index (χ4v) is 8.72. The molecule has 9 nitrogen and oxygen atoms in total. The normalized spacial score (nSPS) is 14.5. The van der Waals surface area contributed by atoms with E-state index >= 15 is 0 Å². The Kier molecular flexibility index (Phi) is 13.5. The number of hydrogen-bond donors (Lipinski definition) is 3. The van der Waals surface area contributed by atoms with E-state index in [0.717, 1.165) is 57.3 Å². The van der Waals surface area contributed by atoms with Crippen LogP contribution >= 0.6 is 0 Å². The van der Waals surface area contributed by atoms with Crippen LogP contribution in [0.1, 0.15) is 60.3 Å². The molecule has 0 spiro atoms. The van der Waals surface area contributed by atoms with Gasteiger partial charge in [0.25, 0.3) is 0 Å². The first-order chi connectivity index (χ1) is 30.8. The lowest BCUT2D eigenvalue weighted by molar-refractivity contribution is -0.138. The summed E-state index contributed by atoms with van der Waals surface area (Å²) in [5, 5.41) is 7.03. The number of fused-ring (bicyclic) bond motifs is 1. The molecule has 0 saturated carbocycles. The number of H-pyrrole nitrogens is 1. The number of anilines is 2. The molecule has 1 fully saturated rings. The van der Waals surface area contributed by atoms with Gasteiger partial charge in [0.1, 0.15) is 6.04 Å². The zero-order valence-electron chi connectivity index (χ0n) is 35.6. The van der Waals surface area contributed by atoms with Crippen molar-refractivity contribution in [3.8, 4) is 11.3 Å². The first-order valence-corrected chi connectivity index (χ1v) is 21.9. The van der Waals surface area contributed by atoms with Gasteiger partial charge in [0.2, 0.25) is 23.6 Å². The fraction of sp³-hybridized carbons (Fsp3) is 0.222. The number of aromatic nitrogens is 1. The summed E-state index contributed by atoms with van der Waals surface area (Å²) in [7, 11) is 0. The highest BCUT2D eigenvalue weighted by atomic mass is 16.2. The second kappa shape index (κ2) is 20.1. The number of nitrogens with one attached hydrogen (secondary N) is 3. The van der Waals surface area contributed by atoms with Crippen LogP contribution in [0.5, 0.6) is 0 Å². The molecule has 2 unspecified atom stereocenters. The van der Waals surface area contributed by atoms with Gasteiger partial charge >= 0.3 is 0 Å². The maximum atomic E-state index is 14.2. The standard InChI is InChI=1S/C54H53N5O4/c1-2-31-58(53(62)46(40-20-11-5-12-21-40)33-38-16-7-3-8-17-38)37-51(60)55-44-27-25-42(26-28-44)49-36-43-35-45(29-30-48(43)57-49)56-52(61)50-24-15-32-59(50)54(63)47(41-22-13-6-14-23-41)34-39-18-9-4-10-19-39/h3-14,16-23,25-30,35-36,46-47,50,57H,2,15,24,31-34,37H2,1H3,(H,55,60)(H,56,61)/t46?,47?,50-/m0/s1. The summed E-state index contributed by atoms with van der Waals surface area (Å²) in [6.07, 6.45) is 3.20. The summed E-state index contributed by atoms with van der Waals surface area (Å²) in [5.41, 5.74) is 8.02. The predicted octanol–water partition coefficient (Wildman–Crippen LogP) is 9.99. The van der Waals surface area contributed by atoms with Crippen molar-refractivity contribution in [2.24, 2.45) is 0 Å². The van der Waals surface area contributed by atoms with Gasteiger partial charge < -0.3 is 25.4 Å². The third-order valence-electron chi connectivity index (χ3n) is 11.9. The monoisotopic (exact) mass is 835 g/mol. The molecule has 1 aromatic heterocycles. The van der Waals surface area contributed by atoms with E-state index in [4.69, 9.17) is 0 Å². The van der Waals surface area contributed by atoms with Crippen LogP contribution in [-0.2, 0) is 32.0 Å².